The Bertz CT molecular complexity index is 205. The summed E-state index contributed by atoms with van der Waals surface area (Å²) < 4.78 is 0. The standard InChI is InChI=1S/C12H20O/c1-5-6-12(9-11(4)13)8-7-10(2)3/h5-6,9-10,13H,1,7-8H2,2-4H3/b11-9+,12-6-. The van der Waals surface area contributed by atoms with E-state index in [1.807, 2.05) is 6.08 Å². The lowest BCUT2D eigenvalue weighted by Gasteiger charge is -2.05. The summed E-state index contributed by atoms with van der Waals surface area (Å²) in [6.07, 6.45) is 7.65. The van der Waals surface area contributed by atoms with E-state index in [9.17, 15) is 0 Å². The van der Waals surface area contributed by atoms with Crippen LogP contribution in [0.1, 0.15) is 33.6 Å². The molecule has 0 heterocycles. The van der Waals surface area contributed by atoms with E-state index in [-0.39, 0.29) is 0 Å². The summed E-state index contributed by atoms with van der Waals surface area (Å²) in [5.74, 6) is 1.05. The van der Waals surface area contributed by atoms with Crippen LogP contribution in [0.15, 0.2) is 36.1 Å². The second-order valence-corrected chi connectivity index (χ2v) is 3.70. The van der Waals surface area contributed by atoms with Crippen LogP contribution in [0, 0.1) is 5.92 Å². The summed E-state index contributed by atoms with van der Waals surface area (Å²) >= 11 is 0. The van der Waals surface area contributed by atoms with Crippen LogP contribution in [0.5, 0.6) is 0 Å². The van der Waals surface area contributed by atoms with Gasteiger partial charge in [0.1, 0.15) is 0 Å². The minimum Gasteiger partial charge on any atom is -0.513 e. The number of hydrogen-bond donors (Lipinski definition) is 1. The van der Waals surface area contributed by atoms with Gasteiger partial charge >= 0.3 is 0 Å². The van der Waals surface area contributed by atoms with Crippen LogP contribution in [0.2, 0.25) is 0 Å². The minimum absolute atomic E-state index is 0.358. The summed E-state index contributed by atoms with van der Waals surface area (Å²) in [6, 6.07) is 0. The lowest BCUT2D eigenvalue weighted by molar-refractivity contribution is 0.413. The Morgan fingerprint density at radius 2 is 2.08 bits per heavy atom. The lowest BCUT2D eigenvalue weighted by atomic mass is 10.0. The zero-order chi connectivity index (χ0) is 10.3. The normalized spacial score (nSPS) is 13.5. The average molecular weight is 180 g/mol. The van der Waals surface area contributed by atoms with Crippen LogP contribution in [0.4, 0.5) is 0 Å². The zero-order valence-corrected chi connectivity index (χ0v) is 8.88. The van der Waals surface area contributed by atoms with Crippen LogP contribution in [0.3, 0.4) is 0 Å². The molecule has 74 valence electrons. The Morgan fingerprint density at radius 1 is 1.46 bits per heavy atom. The quantitative estimate of drug-likeness (QED) is 0.501. The Balaban J connectivity index is 4.20. The molecule has 1 nitrogen and oxygen atoms in total. The molecule has 0 aliphatic carbocycles. The molecule has 13 heavy (non-hydrogen) atoms. The van der Waals surface area contributed by atoms with Gasteiger partial charge < -0.3 is 5.11 Å². The van der Waals surface area contributed by atoms with Crippen LogP contribution in [-0.2, 0) is 0 Å². The monoisotopic (exact) mass is 180 g/mol. The molecule has 0 aliphatic heterocycles. The fraction of sp³-hybridized carbons (Fsp3) is 0.500. The Morgan fingerprint density at radius 3 is 2.46 bits per heavy atom. The van der Waals surface area contributed by atoms with Crippen LogP contribution in [0.25, 0.3) is 0 Å². The maximum Gasteiger partial charge on any atom is 0.0894 e. The minimum atomic E-state index is 0.358. The van der Waals surface area contributed by atoms with Gasteiger partial charge in [0.2, 0.25) is 0 Å². The average Bonchev–Trinajstić information content (AvgIpc) is 1.99. The van der Waals surface area contributed by atoms with Crippen molar-refractivity contribution < 1.29 is 5.11 Å². The van der Waals surface area contributed by atoms with Crippen LogP contribution in [-0.4, -0.2) is 5.11 Å². The number of aliphatic hydroxyl groups excluding tert-OH is 1. The molecule has 0 saturated heterocycles. The summed E-state index contributed by atoms with van der Waals surface area (Å²) in [4.78, 5) is 0. The number of hydrogen-bond acceptors (Lipinski definition) is 1. The lowest BCUT2D eigenvalue weighted by Crippen LogP contribution is -1.89. The third-order valence-corrected chi connectivity index (χ3v) is 1.74. The Kier molecular flexibility index (Phi) is 6.03. The molecule has 0 unspecified atom stereocenters. The summed E-state index contributed by atoms with van der Waals surface area (Å²) in [5.41, 5.74) is 1.14. The molecule has 1 heteroatoms. The summed E-state index contributed by atoms with van der Waals surface area (Å²) in [6.45, 7) is 9.73. The predicted octanol–water partition coefficient (Wildman–Crippen LogP) is 4.00. The largest absolute Gasteiger partial charge is 0.513 e. The van der Waals surface area contributed by atoms with Crippen LogP contribution >= 0.6 is 0 Å². The molecule has 0 atom stereocenters. The van der Waals surface area contributed by atoms with Crippen molar-refractivity contribution in [1.82, 2.24) is 0 Å². The van der Waals surface area contributed by atoms with Gasteiger partial charge in [-0.2, -0.15) is 0 Å². The first kappa shape index (κ1) is 12.0. The van der Waals surface area contributed by atoms with Crippen molar-refractivity contribution in [2.45, 2.75) is 33.6 Å². The molecule has 0 aromatic rings. The van der Waals surface area contributed by atoms with E-state index in [0.29, 0.717) is 11.7 Å². The molecule has 0 bridgehead atoms. The molecule has 1 N–H and O–H groups in total. The van der Waals surface area contributed by atoms with Crippen molar-refractivity contribution in [3.63, 3.8) is 0 Å². The molecule has 0 spiro atoms. The van der Waals surface area contributed by atoms with Gasteiger partial charge in [-0.15, -0.1) is 0 Å². The molecule has 0 aromatic heterocycles. The number of rotatable bonds is 5. The van der Waals surface area contributed by atoms with Crippen molar-refractivity contribution in [2.75, 3.05) is 0 Å². The fourth-order valence-electron chi connectivity index (χ4n) is 1.08. The highest BCUT2D eigenvalue weighted by atomic mass is 16.3. The molecular formula is C12H20O. The highest BCUT2D eigenvalue weighted by Gasteiger charge is 1.97. The highest BCUT2D eigenvalue weighted by molar-refractivity contribution is 5.23. The van der Waals surface area contributed by atoms with Gasteiger partial charge in [0, 0.05) is 0 Å². The second kappa shape index (κ2) is 6.53. The highest BCUT2D eigenvalue weighted by Crippen LogP contribution is 2.13. The topological polar surface area (TPSA) is 20.2 Å². The molecule has 0 fully saturated rings. The van der Waals surface area contributed by atoms with Crippen LogP contribution < -0.4 is 0 Å². The van der Waals surface area contributed by atoms with Gasteiger partial charge in [-0.1, -0.05) is 32.6 Å². The van der Waals surface area contributed by atoms with E-state index in [1.165, 1.54) is 0 Å². The first-order chi connectivity index (χ1) is 6.06. The molecule has 0 aromatic carbocycles. The second-order valence-electron chi connectivity index (χ2n) is 3.70. The predicted molar refractivity (Wildman–Crippen MR) is 58.7 cm³/mol. The fourth-order valence-corrected chi connectivity index (χ4v) is 1.08. The van der Waals surface area contributed by atoms with Gasteiger partial charge in [0.15, 0.2) is 0 Å². The maximum absolute atomic E-state index is 9.10. The van der Waals surface area contributed by atoms with E-state index < -0.39 is 0 Å². The number of allylic oxidation sites excluding steroid dienone is 5. The number of aliphatic hydroxyl groups is 1. The summed E-state index contributed by atoms with van der Waals surface area (Å²) in [7, 11) is 0. The van der Waals surface area contributed by atoms with E-state index >= 15 is 0 Å². The van der Waals surface area contributed by atoms with E-state index in [1.54, 1.807) is 19.1 Å². The Labute approximate surface area is 81.5 Å². The van der Waals surface area contributed by atoms with Crippen molar-refractivity contribution >= 4 is 0 Å². The van der Waals surface area contributed by atoms with Gasteiger partial charge in [-0.25, -0.2) is 0 Å². The van der Waals surface area contributed by atoms with Gasteiger partial charge in [-0.3, -0.25) is 0 Å². The van der Waals surface area contributed by atoms with E-state index in [0.717, 1.165) is 18.4 Å². The Hall–Kier alpha value is -0.980. The summed E-state index contributed by atoms with van der Waals surface area (Å²) in [5, 5.41) is 9.10. The van der Waals surface area contributed by atoms with Crippen molar-refractivity contribution in [1.29, 1.82) is 0 Å². The molecule has 0 radical (unpaired) electrons. The van der Waals surface area contributed by atoms with Crippen molar-refractivity contribution in [3.05, 3.63) is 36.1 Å². The first-order valence-electron chi connectivity index (χ1n) is 4.75. The van der Waals surface area contributed by atoms with Crippen molar-refractivity contribution in [2.24, 2.45) is 5.92 Å². The molecule has 0 aliphatic rings. The van der Waals surface area contributed by atoms with Gasteiger partial charge in [0.25, 0.3) is 0 Å². The van der Waals surface area contributed by atoms with E-state index in [2.05, 4.69) is 20.4 Å². The molecular weight excluding hydrogens is 160 g/mol. The first-order valence-corrected chi connectivity index (χ1v) is 4.75. The molecule has 0 rings (SSSR count). The third-order valence-electron chi connectivity index (χ3n) is 1.74. The smallest absolute Gasteiger partial charge is 0.0894 e. The van der Waals surface area contributed by atoms with E-state index in [4.69, 9.17) is 5.11 Å². The van der Waals surface area contributed by atoms with Crippen molar-refractivity contribution in [3.8, 4) is 0 Å². The third kappa shape index (κ3) is 7.38. The maximum atomic E-state index is 9.10. The molecule has 0 saturated carbocycles. The molecule has 0 amide bonds. The van der Waals surface area contributed by atoms with Gasteiger partial charge in [0.05, 0.1) is 5.76 Å². The zero-order valence-electron chi connectivity index (χ0n) is 8.88. The SMILES string of the molecule is C=C/C=C(\C=C(/C)O)CCC(C)C. The van der Waals surface area contributed by atoms with Gasteiger partial charge in [-0.05, 0) is 37.3 Å².